The van der Waals surface area contributed by atoms with E-state index < -0.39 is 0 Å². The average Bonchev–Trinajstić information content (AvgIpc) is 3.14. The van der Waals surface area contributed by atoms with Gasteiger partial charge in [0.25, 0.3) is 0 Å². The van der Waals surface area contributed by atoms with Gasteiger partial charge in [0, 0.05) is 11.3 Å². The third-order valence-corrected chi connectivity index (χ3v) is 3.60. The number of ether oxygens (including phenoxy) is 1. The highest BCUT2D eigenvalue weighted by Crippen LogP contribution is 2.26. The van der Waals surface area contributed by atoms with Crippen molar-refractivity contribution in [1.82, 2.24) is 20.2 Å². The first-order valence-electron chi connectivity index (χ1n) is 7.97. The highest BCUT2D eigenvalue weighted by atomic mass is 16.5. The molecule has 0 amide bonds. The number of anilines is 2. The lowest BCUT2D eigenvalue weighted by atomic mass is 10.2. The normalized spacial score (nSPS) is 10.5. The number of rotatable bonds is 5. The molecule has 0 radical (unpaired) electrons. The predicted octanol–water partition coefficient (Wildman–Crippen LogP) is 4.37. The van der Waals surface area contributed by atoms with Gasteiger partial charge in [-0.1, -0.05) is 22.8 Å². The smallest absolute Gasteiger partial charge is 0.320 e. The van der Waals surface area contributed by atoms with Gasteiger partial charge in [-0.05, 0) is 43.3 Å². The number of benzene rings is 2. The zero-order valence-electron chi connectivity index (χ0n) is 14.0. The highest BCUT2D eigenvalue weighted by Gasteiger charge is 2.09. The van der Waals surface area contributed by atoms with E-state index in [1.807, 2.05) is 55.5 Å². The van der Waals surface area contributed by atoms with Crippen molar-refractivity contribution in [2.45, 2.75) is 6.92 Å². The van der Waals surface area contributed by atoms with Crippen LogP contribution in [0, 0.1) is 6.92 Å². The Labute approximate surface area is 149 Å². The molecule has 0 bridgehead atoms. The molecule has 7 nitrogen and oxygen atoms in total. The van der Waals surface area contributed by atoms with E-state index in [0.717, 1.165) is 11.3 Å². The van der Waals surface area contributed by atoms with Crippen molar-refractivity contribution in [3.05, 3.63) is 72.8 Å². The molecule has 4 aromatic rings. The summed E-state index contributed by atoms with van der Waals surface area (Å²) in [5.41, 5.74) is 2.87. The maximum absolute atomic E-state index is 5.67. The number of aromatic nitrogens is 4. The fourth-order valence-corrected chi connectivity index (χ4v) is 2.29. The Morgan fingerprint density at radius 3 is 2.31 bits per heavy atom. The molecule has 0 fully saturated rings. The van der Waals surface area contributed by atoms with Gasteiger partial charge in [-0.15, -0.1) is 5.10 Å². The molecule has 0 aliphatic carbocycles. The Morgan fingerprint density at radius 1 is 0.846 bits per heavy atom. The van der Waals surface area contributed by atoms with Crippen LogP contribution in [0.3, 0.4) is 0 Å². The molecular weight excluding hydrogens is 330 g/mol. The summed E-state index contributed by atoms with van der Waals surface area (Å²) < 4.78 is 11.3. The summed E-state index contributed by atoms with van der Waals surface area (Å²) in [5, 5.41) is 11.2. The van der Waals surface area contributed by atoms with E-state index in [9.17, 15) is 0 Å². The number of nitrogens with one attached hydrogen (secondary N) is 1. The Kier molecular flexibility index (Phi) is 4.26. The molecule has 2 aromatic heterocycles. The lowest BCUT2D eigenvalue weighted by Gasteiger charge is -2.04. The third kappa shape index (κ3) is 3.67. The maximum Gasteiger partial charge on any atom is 0.320 e. The van der Waals surface area contributed by atoms with E-state index in [4.69, 9.17) is 9.15 Å². The molecule has 7 heteroatoms. The summed E-state index contributed by atoms with van der Waals surface area (Å²) in [6.07, 6.45) is 4.65. The van der Waals surface area contributed by atoms with Crippen molar-refractivity contribution in [3.8, 4) is 23.0 Å². The number of hydrogen-bond donors (Lipinski definition) is 1. The second kappa shape index (κ2) is 7.02. The number of aryl methyl sites for hydroxylation is 1. The highest BCUT2D eigenvalue weighted by molar-refractivity contribution is 5.57. The first-order chi connectivity index (χ1) is 12.8. The van der Waals surface area contributed by atoms with Crippen molar-refractivity contribution >= 4 is 11.7 Å². The van der Waals surface area contributed by atoms with Crippen LogP contribution in [0.4, 0.5) is 11.7 Å². The van der Waals surface area contributed by atoms with E-state index >= 15 is 0 Å². The molecule has 0 spiro atoms. The molecule has 2 aromatic carbocycles. The van der Waals surface area contributed by atoms with Crippen molar-refractivity contribution in [3.63, 3.8) is 0 Å². The second-order valence-electron chi connectivity index (χ2n) is 5.60. The van der Waals surface area contributed by atoms with Crippen LogP contribution in [-0.2, 0) is 0 Å². The van der Waals surface area contributed by atoms with Gasteiger partial charge in [-0.2, -0.15) is 0 Å². The van der Waals surface area contributed by atoms with E-state index in [2.05, 4.69) is 25.5 Å². The van der Waals surface area contributed by atoms with Crippen LogP contribution in [-0.4, -0.2) is 20.2 Å². The van der Waals surface area contributed by atoms with Crippen molar-refractivity contribution < 1.29 is 9.15 Å². The van der Waals surface area contributed by atoms with Crippen LogP contribution < -0.4 is 10.1 Å². The number of nitrogens with zero attached hydrogens (tertiary/aromatic N) is 4. The molecule has 1 N–H and O–H groups in total. The van der Waals surface area contributed by atoms with Gasteiger partial charge < -0.3 is 14.5 Å². The molecule has 0 aliphatic heterocycles. The van der Waals surface area contributed by atoms with Crippen LogP contribution in [0.2, 0.25) is 0 Å². The van der Waals surface area contributed by atoms with Gasteiger partial charge >= 0.3 is 6.01 Å². The quantitative estimate of drug-likeness (QED) is 0.574. The van der Waals surface area contributed by atoms with Crippen LogP contribution >= 0.6 is 0 Å². The largest absolute Gasteiger partial charge is 0.454 e. The van der Waals surface area contributed by atoms with Gasteiger partial charge in [0.15, 0.2) is 5.75 Å². The van der Waals surface area contributed by atoms with Crippen LogP contribution in [0.15, 0.2) is 71.7 Å². The maximum atomic E-state index is 5.67. The van der Waals surface area contributed by atoms with Crippen molar-refractivity contribution in [1.29, 1.82) is 0 Å². The minimum Gasteiger partial charge on any atom is -0.454 e. The topological polar surface area (TPSA) is 86.0 Å². The van der Waals surface area contributed by atoms with Crippen LogP contribution in [0.25, 0.3) is 11.5 Å². The Hall–Kier alpha value is -3.74. The molecule has 0 aliphatic rings. The first kappa shape index (κ1) is 15.8. The molecule has 0 saturated carbocycles. The molecular formula is C19H15N5O2. The van der Waals surface area contributed by atoms with Crippen LogP contribution in [0.5, 0.6) is 11.5 Å². The SMILES string of the molecule is Cc1ccc(Nc2nnc(-c3ccc(Oc4cncnc4)cc3)o2)cc1. The second-order valence-corrected chi connectivity index (χ2v) is 5.60. The molecule has 2 heterocycles. The summed E-state index contributed by atoms with van der Waals surface area (Å²) in [5.74, 6) is 1.66. The monoisotopic (exact) mass is 345 g/mol. The van der Waals surface area contributed by atoms with E-state index in [1.54, 1.807) is 12.4 Å². The lowest BCUT2D eigenvalue weighted by molar-refractivity contribution is 0.477. The standard InChI is InChI=1S/C19H15N5O2/c1-13-2-6-15(7-3-13)22-19-24-23-18(26-19)14-4-8-16(9-5-14)25-17-10-20-12-21-11-17/h2-12H,1H3,(H,22,24). The summed E-state index contributed by atoms with van der Waals surface area (Å²) >= 11 is 0. The molecule has 0 saturated heterocycles. The molecule has 0 unspecified atom stereocenters. The van der Waals surface area contributed by atoms with E-state index in [-0.39, 0.29) is 0 Å². The molecule has 128 valence electrons. The molecule has 26 heavy (non-hydrogen) atoms. The minimum absolute atomic E-state index is 0.339. The van der Waals surface area contributed by atoms with Gasteiger partial charge in [-0.25, -0.2) is 9.97 Å². The Bertz CT molecular complexity index is 983. The third-order valence-electron chi connectivity index (χ3n) is 3.60. The average molecular weight is 345 g/mol. The van der Waals surface area contributed by atoms with Crippen LogP contribution in [0.1, 0.15) is 5.56 Å². The molecule has 0 atom stereocenters. The Morgan fingerprint density at radius 2 is 1.58 bits per heavy atom. The van der Waals surface area contributed by atoms with Gasteiger partial charge in [-0.3, -0.25) is 0 Å². The fourth-order valence-electron chi connectivity index (χ4n) is 2.29. The fraction of sp³-hybridized carbons (Fsp3) is 0.0526. The predicted molar refractivity (Wildman–Crippen MR) is 96.3 cm³/mol. The minimum atomic E-state index is 0.339. The summed E-state index contributed by atoms with van der Waals surface area (Å²) in [6.45, 7) is 2.03. The van der Waals surface area contributed by atoms with Crippen molar-refractivity contribution in [2.24, 2.45) is 0 Å². The zero-order valence-corrected chi connectivity index (χ0v) is 14.0. The zero-order chi connectivity index (χ0) is 17.8. The van der Waals surface area contributed by atoms with E-state index in [1.165, 1.54) is 11.9 Å². The van der Waals surface area contributed by atoms with Gasteiger partial charge in [0.1, 0.15) is 12.1 Å². The summed E-state index contributed by atoms with van der Waals surface area (Å²) in [6, 6.07) is 15.6. The Balaban J connectivity index is 1.46. The van der Waals surface area contributed by atoms with Crippen molar-refractivity contribution in [2.75, 3.05) is 5.32 Å². The lowest BCUT2D eigenvalue weighted by Crippen LogP contribution is -1.89. The first-order valence-corrected chi connectivity index (χ1v) is 7.97. The summed E-state index contributed by atoms with van der Waals surface area (Å²) in [7, 11) is 0. The van der Waals surface area contributed by atoms with Gasteiger partial charge in [0.05, 0.1) is 12.4 Å². The van der Waals surface area contributed by atoms with E-state index in [0.29, 0.717) is 23.4 Å². The number of hydrogen-bond acceptors (Lipinski definition) is 7. The van der Waals surface area contributed by atoms with Gasteiger partial charge in [0.2, 0.25) is 5.89 Å². The summed E-state index contributed by atoms with van der Waals surface area (Å²) in [4.78, 5) is 7.82. The molecule has 4 rings (SSSR count).